The number of ketones is 1. The fraction of sp³-hybridized carbons (Fsp3) is 0.400. The van der Waals surface area contributed by atoms with Gasteiger partial charge in [0.05, 0.1) is 17.9 Å². The predicted molar refractivity (Wildman–Crippen MR) is 96.3 cm³/mol. The van der Waals surface area contributed by atoms with Crippen LogP contribution in [0.4, 0.5) is 10.1 Å². The van der Waals surface area contributed by atoms with Crippen molar-refractivity contribution in [2.75, 3.05) is 18.0 Å². The van der Waals surface area contributed by atoms with Gasteiger partial charge in [-0.3, -0.25) is 9.48 Å². The molecule has 0 N–H and O–H groups in total. The summed E-state index contributed by atoms with van der Waals surface area (Å²) in [5, 5.41) is 4.38. The molecule has 2 heterocycles. The SMILES string of the molecule is O=C(/C=C/c1cnn(C2CCC2)c1)c1ccc(F)cc1N1CCCC1. The molecule has 0 spiro atoms. The van der Waals surface area contributed by atoms with E-state index in [1.807, 2.05) is 10.9 Å². The number of anilines is 1. The zero-order chi connectivity index (χ0) is 17.2. The molecular weight excluding hydrogens is 317 g/mol. The normalized spacial score (nSPS) is 18.0. The first-order chi connectivity index (χ1) is 12.2. The Balaban J connectivity index is 1.53. The number of hydrogen-bond donors (Lipinski definition) is 0. The number of carbonyl (C=O) groups excluding carboxylic acids is 1. The Morgan fingerprint density at radius 3 is 2.72 bits per heavy atom. The lowest BCUT2D eigenvalue weighted by Crippen LogP contribution is -2.20. The molecule has 2 aliphatic rings. The summed E-state index contributed by atoms with van der Waals surface area (Å²) in [4.78, 5) is 14.7. The largest absolute Gasteiger partial charge is 0.371 e. The third-order valence-corrected chi connectivity index (χ3v) is 5.17. The van der Waals surface area contributed by atoms with Gasteiger partial charge < -0.3 is 4.90 Å². The molecule has 4 rings (SSSR count). The monoisotopic (exact) mass is 339 g/mol. The minimum Gasteiger partial charge on any atom is -0.371 e. The van der Waals surface area contributed by atoms with Gasteiger partial charge in [-0.1, -0.05) is 0 Å². The number of rotatable bonds is 5. The number of nitrogens with zero attached hydrogens (tertiary/aromatic N) is 3. The van der Waals surface area contributed by atoms with Gasteiger partial charge in [0.25, 0.3) is 0 Å². The molecular formula is C20H22FN3O. The third-order valence-electron chi connectivity index (χ3n) is 5.17. The van der Waals surface area contributed by atoms with Crippen molar-refractivity contribution in [2.24, 2.45) is 0 Å². The molecule has 1 aliphatic heterocycles. The standard InChI is InChI=1S/C20H22FN3O/c21-16-7-8-18(19(12-16)23-10-1-2-11-23)20(25)9-6-15-13-22-24(14-15)17-4-3-5-17/h6-9,12-14,17H,1-5,10-11H2/b9-6+. The van der Waals surface area contributed by atoms with Crippen molar-refractivity contribution < 1.29 is 9.18 Å². The smallest absolute Gasteiger partial charge is 0.187 e. The number of aromatic nitrogens is 2. The first kappa shape index (κ1) is 16.1. The average molecular weight is 339 g/mol. The van der Waals surface area contributed by atoms with Crippen molar-refractivity contribution in [2.45, 2.75) is 38.1 Å². The molecule has 0 amide bonds. The summed E-state index contributed by atoms with van der Waals surface area (Å²) in [6, 6.07) is 4.93. The van der Waals surface area contributed by atoms with Crippen molar-refractivity contribution in [1.29, 1.82) is 0 Å². The number of carbonyl (C=O) groups is 1. The lowest BCUT2D eigenvalue weighted by molar-refractivity contribution is 0.104. The predicted octanol–water partition coefficient (Wildman–Crippen LogP) is 4.24. The van der Waals surface area contributed by atoms with E-state index in [1.54, 1.807) is 24.4 Å². The maximum Gasteiger partial charge on any atom is 0.187 e. The molecule has 1 aromatic carbocycles. The summed E-state index contributed by atoms with van der Waals surface area (Å²) < 4.78 is 15.7. The van der Waals surface area contributed by atoms with E-state index in [1.165, 1.54) is 31.4 Å². The molecule has 2 aromatic rings. The summed E-state index contributed by atoms with van der Waals surface area (Å²) in [7, 11) is 0. The molecule has 0 atom stereocenters. The Morgan fingerprint density at radius 1 is 1.20 bits per heavy atom. The first-order valence-electron chi connectivity index (χ1n) is 9.02. The lowest BCUT2D eigenvalue weighted by atomic mass is 9.93. The van der Waals surface area contributed by atoms with Crippen LogP contribution >= 0.6 is 0 Å². The second kappa shape index (κ2) is 6.82. The molecule has 0 bridgehead atoms. The third kappa shape index (κ3) is 3.36. The molecule has 4 nitrogen and oxygen atoms in total. The van der Waals surface area contributed by atoms with E-state index in [0.717, 1.165) is 31.5 Å². The fourth-order valence-electron chi connectivity index (χ4n) is 3.48. The fourth-order valence-corrected chi connectivity index (χ4v) is 3.48. The molecule has 1 saturated heterocycles. The van der Waals surface area contributed by atoms with Crippen molar-refractivity contribution in [3.8, 4) is 0 Å². The number of halogens is 1. The van der Waals surface area contributed by atoms with Crippen LogP contribution in [-0.2, 0) is 0 Å². The van der Waals surface area contributed by atoms with Gasteiger partial charge in [-0.25, -0.2) is 4.39 Å². The van der Waals surface area contributed by atoms with E-state index in [-0.39, 0.29) is 11.6 Å². The van der Waals surface area contributed by atoms with Gasteiger partial charge >= 0.3 is 0 Å². The van der Waals surface area contributed by atoms with Crippen molar-refractivity contribution >= 4 is 17.5 Å². The van der Waals surface area contributed by atoms with E-state index in [2.05, 4.69) is 10.00 Å². The maximum atomic E-state index is 13.7. The Labute approximate surface area is 146 Å². The highest BCUT2D eigenvalue weighted by molar-refractivity contribution is 6.10. The number of benzene rings is 1. The van der Waals surface area contributed by atoms with Crippen molar-refractivity contribution in [1.82, 2.24) is 9.78 Å². The van der Waals surface area contributed by atoms with E-state index in [9.17, 15) is 9.18 Å². The Kier molecular flexibility index (Phi) is 4.38. The molecule has 0 radical (unpaired) electrons. The van der Waals surface area contributed by atoms with Gasteiger partial charge in [0, 0.05) is 30.4 Å². The average Bonchev–Trinajstić information content (AvgIpc) is 3.23. The van der Waals surface area contributed by atoms with Crippen LogP contribution in [0.1, 0.15) is 54.1 Å². The number of hydrogen-bond acceptors (Lipinski definition) is 3. The molecule has 1 aromatic heterocycles. The number of allylic oxidation sites excluding steroid dienone is 1. The Bertz CT molecular complexity index is 801. The van der Waals surface area contributed by atoms with Crippen LogP contribution < -0.4 is 4.90 Å². The zero-order valence-electron chi connectivity index (χ0n) is 14.2. The second-order valence-corrected chi connectivity index (χ2v) is 6.89. The summed E-state index contributed by atoms with van der Waals surface area (Å²) in [5.74, 6) is -0.400. The highest BCUT2D eigenvalue weighted by Crippen LogP contribution is 2.31. The van der Waals surface area contributed by atoms with Gasteiger partial charge in [0.15, 0.2) is 5.78 Å². The minimum absolute atomic E-state index is 0.0988. The highest BCUT2D eigenvalue weighted by Gasteiger charge is 2.20. The Morgan fingerprint density at radius 2 is 2.00 bits per heavy atom. The van der Waals surface area contributed by atoms with Crippen molar-refractivity contribution in [3.05, 3.63) is 53.6 Å². The molecule has 2 fully saturated rings. The van der Waals surface area contributed by atoms with Crippen molar-refractivity contribution in [3.63, 3.8) is 0 Å². The van der Waals surface area contributed by atoms with Crippen LogP contribution in [-0.4, -0.2) is 28.7 Å². The molecule has 25 heavy (non-hydrogen) atoms. The topological polar surface area (TPSA) is 38.1 Å². The molecule has 0 unspecified atom stereocenters. The maximum absolute atomic E-state index is 13.7. The molecule has 1 saturated carbocycles. The van der Waals surface area contributed by atoms with Crippen LogP contribution in [0.5, 0.6) is 0 Å². The Hall–Kier alpha value is -2.43. The molecule has 130 valence electrons. The van der Waals surface area contributed by atoms with Gasteiger partial charge in [0.1, 0.15) is 5.82 Å². The second-order valence-electron chi connectivity index (χ2n) is 6.89. The minimum atomic E-state index is -0.302. The highest BCUT2D eigenvalue weighted by atomic mass is 19.1. The van der Waals surface area contributed by atoms with Crippen LogP contribution in [0.25, 0.3) is 6.08 Å². The molecule has 1 aliphatic carbocycles. The quantitative estimate of drug-likeness (QED) is 0.604. The van der Waals surface area contributed by atoms with Crippen LogP contribution in [0, 0.1) is 5.82 Å². The molecule has 5 heteroatoms. The van der Waals surface area contributed by atoms with E-state index >= 15 is 0 Å². The van der Waals surface area contributed by atoms with Gasteiger partial charge in [-0.2, -0.15) is 5.10 Å². The van der Waals surface area contributed by atoms with Crippen LogP contribution in [0.15, 0.2) is 36.7 Å². The van der Waals surface area contributed by atoms with E-state index < -0.39 is 0 Å². The first-order valence-corrected chi connectivity index (χ1v) is 9.02. The summed E-state index contributed by atoms with van der Waals surface area (Å²) in [6.45, 7) is 1.75. The summed E-state index contributed by atoms with van der Waals surface area (Å²) >= 11 is 0. The summed E-state index contributed by atoms with van der Waals surface area (Å²) in [6.07, 6.45) is 12.9. The van der Waals surface area contributed by atoms with Crippen LogP contribution in [0.2, 0.25) is 0 Å². The van der Waals surface area contributed by atoms with Gasteiger partial charge in [-0.15, -0.1) is 0 Å². The summed E-state index contributed by atoms with van der Waals surface area (Å²) in [5.41, 5.74) is 2.19. The zero-order valence-corrected chi connectivity index (χ0v) is 14.2. The van der Waals surface area contributed by atoms with Gasteiger partial charge in [0.2, 0.25) is 0 Å². The van der Waals surface area contributed by atoms with Crippen LogP contribution in [0.3, 0.4) is 0 Å². The van der Waals surface area contributed by atoms with Gasteiger partial charge in [-0.05, 0) is 62.5 Å². The van der Waals surface area contributed by atoms with E-state index in [4.69, 9.17) is 0 Å². The lowest BCUT2D eigenvalue weighted by Gasteiger charge is -2.25. The van der Waals surface area contributed by atoms with E-state index in [0.29, 0.717) is 17.3 Å².